The lowest BCUT2D eigenvalue weighted by Gasteiger charge is -2.33. The minimum absolute atomic E-state index is 0.393. The summed E-state index contributed by atoms with van der Waals surface area (Å²) < 4.78 is 0. The third kappa shape index (κ3) is 1.69. The van der Waals surface area contributed by atoms with Gasteiger partial charge >= 0.3 is 0 Å². The van der Waals surface area contributed by atoms with Crippen LogP contribution in [0.15, 0.2) is 24.4 Å². The van der Waals surface area contributed by atoms with Crippen molar-refractivity contribution in [1.29, 1.82) is 0 Å². The zero-order chi connectivity index (χ0) is 11.9. The molecule has 0 radical (unpaired) electrons. The highest BCUT2D eigenvalue weighted by Crippen LogP contribution is 2.42. The Morgan fingerprint density at radius 2 is 1.88 bits per heavy atom. The molecule has 1 saturated carbocycles. The summed E-state index contributed by atoms with van der Waals surface area (Å²) in [4.78, 5) is 3.48. The van der Waals surface area contributed by atoms with Crippen LogP contribution in [0.1, 0.15) is 50.2 Å². The summed E-state index contributed by atoms with van der Waals surface area (Å²) in [6, 6.07) is 6.64. The topological polar surface area (TPSA) is 15.8 Å². The number of hydrogen-bond donors (Lipinski definition) is 1. The molecular formula is C16H21N. The summed E-state index contributed by atoms with van der Waals surface area (Å²) >= 11 is 0. The van der Waals surface area contributed by atoms with E-state index in [-0.39, 0.29) is 0 Å². The van der Waals surface area contributed by atoms with Crippen LogP contribution < -0.4 is 0 Å². The molecule has 90 valence electrons. The molecule has 1 fully saturated rings. The smallest absolute Gasteiger partial charge is 0.0486 e. The lowest BCUT2D eigenvalue weighted by atomic mass is 9.71. The Bertz CT molecular complexity index is 529. The monoisotopic (exact) mass is 227 g/mol. The Hall–Kier alpha value is -1.24. The molecule has 1 N–H and O–H groups in total. The summed E-state index contributed by atoms with van der Waals surface area (Å²) in [5.74, 6) is 0. The first-order chi connectivity index (χ1) is 8.21. The number of hydrogen-bond acceptors (Lipinski definition) is 0. The number of aromatic nitrogens is 1. The van der Waals surface area contributed by atoms with Crippen molar-refractivity contribution >= 4 is 10.9 Å². The van der Waals surface area contributed by atoms with Crippen molar-refractivity contribution in [2.45, 2.75) is 51.4 Å². The van der Waals surface area contributed by atoms with Crippen molar-refractivity contribution in [2.75, 3.05) is 0 Å². The van der Waals surface area contributed by atoms with E-state index in [0.717, 1.165) is 0 Å². The van der Waals surface area contributed by atoms with Crippen LogP contribution in [0, 0.1) is 6.92 Å². The number of benzene rings is 1. The number of fused-ring (bicyclic) bond motifs is 1. The molecule has 1 heteroatoms. The molecule has 0 aliphatic heterocycles. The van der Waals surface area contributed by atoms with Crippen LogP contribution in [0.4, 0.5) is 0 Å². The predicted molar refractivity (Wildman–Crippen MR) is 73.5 cm³/mol. The molecule has 0 bridgehead atoms. The first-order valence-electron chi connectivity index (χ1n) is 6.78. The van der Waals surface area contributed by atoms with Crippen LogP contribution >= 0.6 is 0 Å². The normalized spacial score (nSPS) is 19.6. The second-order valence-corrected chi connectivity index (χ2v) is 5.82. The minimum atomic E-state index is 0.393. The van der Waals surface area contributed by atoms with Gasteiger partial charge in [-0.1, -0.05) is 44.4 Å². The second kappa shape index (κ2) is 3.90. The highest BCUT2D eigenvalue weighted by atomic mass is 14.7. The molecule has 17 heavy (non-hydrogen) atoms. The van der Waals surface area contributed by atoms with Crippen molar-refractivity contribution in [2.24, 2.45) is 0 Å². The van der Waals surface area contributed by atoms with Gasteiger partial charge in [-0.05, 0) is 36.3 Å². The Balaban J connectivity index is 2.14. The zero-order valence-corrected chi connectivity index (χ0v) is 10.8. The third-order valence-electron chi connectivity index (χ3n) is 4.53. The maximum Gasteiger partial charge on any atom is 0.0486 e. The van der Waals surface area contributed by atoms with E-state index in [1.54, 1.807) is 0 Å². The summed E-state index contributed by atoms with van der Waals surface area (Å²) in [5.41, 5.74) is 4.61. The number of para-hydroxylation sites is 1. The molecule has 2 aromatic rings. The van der Waals surface area contributed by atoms with Gasteiger partial charge < -0.3 is 4.98 Å². The van der Waals surface area contributed by atoms with E-state index >= 15 is 0 Å². The molecule has 0 amide bonds. The van der Waals surface area contributed by atoms with Crippen molar-refractivity contribution in [3.8, 4) is 0 Å². The van der Waals surface area contributed by atoms with Gasteiger partial charge in [0.15, 0.2) is 0 Å². The van der Waals surface area contributed by atoms with E-state index in [1.807, 2.05) is 0 Å². The summed E-state index contributed by atoms with van der Waals surface area (Å²) in [6.45, 7) is 4.63. The number of aryl methyl sites for hydroxylation is 1. The van der Waals surface area contributed by atoms with Crippen LogP contribution in [-0.4, -0.2) is 4.98 Å². The van der Waals surface area contributed by atoms with Crippen LogP contribution in [0.25, 0.3) is 10.9 Å². The van der Waals surface area contributed by atoms with Gasteiger partial charge in [0.1, 0.15) is 0 Å². The van der Waals surface area contributed by atoms with Crippen molar-refractivity contribution in [3.63, 3.8) is 0 Å². The molecule has 0 atom stereocenters. The van der Waals surface area contributed by atoms with Gasteiger partial charge in [-0.3, -0.25) is 0 Å². The zero-order valence-electron chi connectivity index (χ0n) is 10.8. The van der Waals surface area contributed by atoms with E-state index in [4.69, 9.17) is 0 Å². The first-order valence-corrected chi connectivity index (χ1v) is 6.78. The van der Waals surface area contributed by atoms with Gasteiger partial charge in [0.05, 0.1) is 0 Å². The van der Waals surface area contributed by atoms with Gasteiger partial charge in [-0.2, -0.15) is 0 Å². The lowest BCUT2D eigenvalue weighted by molar-refractivity contribution is 0.322. The van der Waals surface area contributed by atoms with Gasteiger partial charge in [-0.25, -0.2) is 0 Å². The number of aromatic amines is 1. The van der Waals surface area contributed by atoms with Gasteiger partial charge in [0.25, 0.3) is 0 Å². The molecule has 1 aromatic heterocycles. The Morgan fingerprint density at radius 1 is 1.12 bits per heavy atom. The van der Waals surface area contributed by atoms with E-state index in [2.05, 4.69) is 43.2 Å². The maximum atomic E-state index is 3.48. The van der Waals surface area contributed by atoms with Gasteiger partial charge in [-0.15, -0.1) is 0 Å². The molecule has 1 aromatic carbocycles. The largest absolute Gasteiger partial charge is 0.361 e. The average molecular weight is 227 g/mol. The second-order valence-electron chi connectivity index (χ2n) is 5.82. The maximum absolute atomic E-state index is 3.48. The lowest BCUT2D eigenvalue weighted by Crippen LogP contribution is -2.24. The predicted octanol–water partition coefficient (Wildman–Crippen LogP) is 4.70. The molecule has 0 spiro atoms. The fraction of sp³-hybridized carbons (Fsp3) is 0.500. The molecule has 0 unspecified atom stereocenters. The van der Waals surface area contributed by atoms with Crippen LogP contribution in [0.5, 0.6) is 0 Å². The summed E-state index contributed by atoms with van der Waals surface area (Å²) in [5, 5.41) is 1.44. The average Bonchev–Trinajstić information content (AvgIpc) is 2.76. The van der Waals surface area contributed by atoms with Crippen LogP contribution in [0.2, 0.25) is 0 Å². The first kappa shape index (κ1) is 10.9. The SMILES string of the molecule is Cc1cccc2c(C3(C)CCCCC3)c[nH]c12. The minimum Gasteiger partial charge on any atom is -0.361 e. The Labute approximate surface area is 103 Å². The van der Waals surface area contributed by atoms with E-state index < -0.39 is 0 Å². The van der Waals surface area contributed by atoms with Crippen molar-refractivity contribution in [3.05, 3.63) is 35.5 Å². The van der Waals surface area contributed by atoms with Crippen molar-refractivity contribution in [1.82, 2.24) is 4.98 Å². The molecular weight excluding hydrogens is 206 g/mol. The Kier molecular flexibility index (Phi) is 2.50. The molecule has 3 rings (SSSR count). The fourth-order valence-corrected chi connectivity index (χ4v) is 3.41. The van der Waals surface area contributed by atoms with E-state index in [0.29, 0.717) is 5.41 Å². The third-order valence-corrected chi connectivity index (χ3v) is 4.53. The van der Waals surface area contributed by atoms with E-state index in [9.17, 15) is 0 Å². The highest BCUT2D eigenvalue weighted by Gasteiger charge is 2.30. The quantitative estimate of drug-likeness (QED) is 0.727. The van der Waals surface area contributed by atoms with Crippen LogP contribution in [-0.2, 0) is 5.41 Å². The fourth-order valence-electron chi connectivity index (χ4n) is 3.41. The highest BCUT2D eigenvalue weighted by molar-refractivity contribution is 5.86. The van der Waals surface area contributed by atoms with Crippen LogP contribution in [0.3, 0.4) is 0 Å². The Morgan fingerprint density at radius 3 is 2.65 bits per heavy atom. The van der Waals surface area contributed by atoms with Crippen molar-refractivity contribution < 1.29 is 0 Å². The summed E-state index contributed by atoms with van der Waals surface area (Å²) in [7, 11) is 0. The summed E-state index contributed by atoms with van der Waals surface area (Å²) in [6.07, 6.45) is 9.12. The number of rotatable bonds is 1. The molecule has 1 nitrogen and oxygen atoms in total. The number of H-pyrrole nitrogens is 1. The van der Waals surface area contributed by atoms with Gasteiger partial charge in [0, 0.05) is 17.1 Å². The molecule has 1 heterocycles. The molecule has 0 saturated heterocycles. The molecule has 1 aliphatic carbocycles. The standard InChI is InChI=1S/C16H21N/c1-12-7-6-8-13-14(11-17-15(12)13)16(2)9-4-3-5-10-16/h6-8,11,17H,3-5,9-10H2,1-2H3. The van der Waals surface area contributed by atoms with E-state index in [1.165, 1.54) is 54.1 Å². The molecule has 1 aliphatic rings. The van der Waals surface area contributed by atoms with Gasteiger partial charge in [0.2, 0.25) is 0 Å². The number of nitrogens with one attached hydrogen (secondary N) is 1.